The summed E-state index contributed by atoms with van der Waals surface area (Å²) in [7, 11) is 0. The van der Waals surface area contributed by atoms with Crippen molar-refractivity contribution in [3.05, 3.63) is 46.2 Å². The van der Waals surface area contributed by atoms with Gasteiger partial charge in [0.15, 0.2) is 0 Å². The highest BCUT2D eigenvalue weighted by atomic mass is 79.9. The molecule has 1 aromatic heterocycles. The first-order valence-corrected chi connectivity index (χ1v) is 10.0. The second kappa shape index (κ2) is 8.35. The van der Waals surface area contributed by atoms with Crippen LogP contribution in [0.2, 0.25) is 0 Å². The minimum Gasteiger partial charge on any atom is -0.351 e. The van der Waals surface area contributed by atoms with Crippen LogP contribution < -0.4 is 5.32 Å². The first-order valence-electron chi connectivity index (χ1n) is 9.25. The van der Waals surface area contributed by atoms with Crippen molar-refractivity contribution in [2.24, 2.45) is 11.8 Å². The molecule has 2 atom stereocenters. The highest BCUT2D eigenvalue weighted by Gasteiger charge is 2.21. The fourth-order valence-electron chi connectivity index (χ4n) is 3.87. The maximum Gasteiger partial charge on any atom is 0.254 e. The van der Waals surface area contributed by atoms with Gasteiger partial charge in [-0.25, -0.2) is 4.68 Å². The number of likely N-dealkylation sites (tertiary alicyclic amines) is 1. The summed E-state index contributed by atoms with van der Waals surface area (Å²) in [6.07, 6.45) is 2.95. The maximum atomic E-state index is 12.5. The molecule has 1 aromatic carbocycles. The summed E-state index contributed by atoms with van der Waals surface area (Å²) in [6.45, 7) is 10.4. The summed E-state index contributed by atoms with van der Waals surface area (Å²) in [6, 6.07) is 7.89. The van der Waals surface area contributed by atoms with Crippen molar-refractivity contribution in [1.29, 1.82) is 0 Å². The Kier molecular flexibility index (Phi) is 6.14. The lowest BCUT2D eigenvalue weighted by atomic mass is 9.92. The van der Waals surface area contributed by atoms with Crippen LogP contribution in [0.25, 0.3) is 5.69 Å². The van der Waals surface area contributed by atoms with Gasteiger partial charge in [0, 0.05) is 30.7 Å². The van der Waals surface area contributed by atoms with Crippen LogP contribution in [0.4, 0.5) is 0 Å². The zero-order chi connectivity index (χ0) is 18.7. The van der Waals surface area contributed by atoms with Gasteiger partial charge in [-0.3, -0.25) is 4.79 Å². The summed E-state index contributed by atoms with van der Waals surface area (Å²) in [5.74, 6) is 1.42. The summed E-state index contributed by atoms with van der Waals surface area (Å²) in [5, 5.41) is 7.43. The van der Waals surface area contributed by atoms with Crippen molar-refractivity contribution < 1.29 is 4.79 Å². The number of piperidine rings is 1. The Labute approximate surface area is 163 Å². The van der Waals surface area contributed by atoms with Crippen molar-refractivity contribution in [1.82, 2.24) is 20.0 Å². The minimum absolute atomic E-state index is 0.0519. The van der Waals surface area contributed by atoms with Crippen molar-refractivity contribution in [3.8, 4) is 5.69 Å². The Morgan fingerprint density at radius 2 is 1.88 bits per heavy atom. The van der Waals surface area contributed by atoms with Crippen molar-refractivity contribution in [2.45, 2.75) is 27.2 Å². The number of amides is 1. The Hall–Kier alpha value is -1.66. The number of aromatic nitrogens is 2. The zero-order valence-electron chi connectivity index (χ0n) is 15.7. The third kappa shape index (κ3) is 4.54. The number of carbonyl (C=O) groups excluding carboxylic acids is 1. The summed E-state index contributed by atoms with van der Waals surface area (Å²) >= 11 is 3.44. The highest BCUT2D eigenvalue weighted by molar-refractivity contribution is 9.10. The quantitative estimate of drug-likeness (QED) is 0.805. The van der Waals surface area contributed by atoms with Crippen LogP contribution in [-0.2, 0) is 0 Å². The third-order valence-corrected chi connectivity index (χ3v) is 5.51. The number of halogens is 1. The molecule has 0 aliphatic carbocycles. The monoisotopic (exact) mass is 418 g/mol. The molecule has 0 saturated carbocycles. The molecule has 1 amide bonds. The fourth-order valence-corrected chi connectivity index (χ4v) is 4.14. The SMILES string of the molecule is Cc1c(C(=O)NCCN2CC(C)CC(C)C2)cnn1-c1ccc(Br)cc1. The average molecular weight is 419 g/mol. The second-order valence-electron chi connectivity index (χ2n) is 7.49. The number of nitrogens with one attached hydrogen (secondary N) is 1. The Morgan fingerprint density at radius 3 is 2.54 bits per heavy atom. The van der Waals surface area contributed by atoms with E-state index < -0.39 is 0 Å². The molecular weight excluding hydrogens is 392 g/mol. The van der Waals surface area contributed by atoms with Crippen LogP contribution in [0.3, 0.4) is 0 Å². The minimum atomic E-state index is -0.0519. The van der Waals surface area contributed by atoms with Crippen LogP contribution in [0.15, 0.2) is 34.9 Å². The van der Waals surface area contributed by atoms with Gasteiger partial charge >= 0.3 is 0 Å². The lowest BCUT2D eigenvalue weighted by Gasteiger charge is -2.34. The molecule has 1 aliphatic rings. The number of rotatable bonds is 5. The molecular formula is C20H27BrN4O. The number of carbonyl (C=O) groups is 1. The molecule has 2 unspecified atom stereocenters. The van der Waals surface area contributed by atoms with E-state index in [-0.39, 0.29) is 5.91 Å². The van der Waals surface area contributed by atoms with Crippen LogP contribution in [0.5, 0.6) is 0 Å². The predicted octanol–water partition coefficient (Wildman–Crippen LogP) is 3.65. The summed E-state index contributed by atoms with van der Waals surface area (Å²) < 4.78 is 2.82. The largest absolute Gasteiger partial charge is 0.351 e. The van der Waals surface area contributed by atoms with Gasteiger partial charge < -0.3 is 10.2 Å². The third-order valence-electron chi connectivity index (χ3n) is 4.98. The van der Waals surface area contributed by atoms with Gasteiger partial charge in [0.25, 0.3) is 5.91 Å². The van der Waals surface area contributed by atoms with Gasteiger partial charge in [0.05, 0.1) is 23.1 Å². The molecule has 1 N–H and O–H groups in total. The predicted molar refractivity (Wildman–Crippen MR) is 108 cm³/mol. The van der Waals surface area contributed by atoms with Gasteiger partial charge in [-0.15, -0.1) is 0 Å². The molecule has 2 heterocycles. The van der Waals surface area contributed by atoms with E-state index in [1.54, 1.807) is 10.9 Å². The molecule has 1 saturated heterocycles. The van der Waals surface area contributed by atoms with E-state index in [9.17, 15) is 4.79 Å². The van der Waals surface area contributed by atoms with Gasteiger partial charge in [-0.05, 0) is 49.4 Å². The first-order chi connectivity index (χ1) is 12.4. The smallest absolute Gasteiger partial charge is 0.254 e. The maximum absolute atomic E-state index is 12.5. The zero-order valence-corrected chi connectivity index (χ0v) is 17.3. The molecule has 2 aromatic rings. The molecule has 140 valence electrons. The first kappa shape index (κ1) is 19.1. The molecule has 26 heavy (non-hydrogen) atoms. The Morgan fingerprint density at radius 1 is 1.23 bits per heavy atom. The van der Waals surface area contributed by atoms with Crippen LogP contribution >= 0.6 is 15.9 Å². The lowest BCUT2D eigenvalue weighted by Crippen LogP contribution is -2.42. The van der Waals surface area contributed by atoms with Crippen LogP contribution in [0, 0.1) is 18.8 Å². The van der Waals surface area contributed by atoms with Crippen molar-refractivity contribution >= 4 is 21.8 Å². The van der Waals surface area contributed by atoms with Crippen LogP contribution in [0.1, 0.15) is 36.3 Å². The van der Waals surface area contributed by atoms with E-state index in [2.05, 4.69) is 45.1 Å². The number of nitrogens with zero attached hydrogens (tertiary/aromatic N) is 3. The van der Waals surface area contributed by atoms with E-state index in [4.69, 9.17) is 0 Å². The van der Waals surface area contributed by atoms with Gasteiger partial charge in [-0.2, -0.15) is 5.10 Å². The number of hydrogen-bond donors (Lipinski definition) is 1. The molecule has 0 radical (unpaired) electrons. The Balaban J connectivity index is 1.58. The normalized spacial score (nSPS) is 20.9. The van der Waals surface area contributed by atoms with E-state index >= 15 is 0 Å². The van der Waals surface area contributed by atoms with Gasteiger partial charge in [-0.1, -0.05) is 29.8 Å². The molecule has 1 fully saturated rings. The molecule has 6 heteroatoms. The van der Waals surface area contributed by atoms with E-state index in [1.165, 1.54) is 6.42 Å². The van der Waals surface area contributed by atoms with Crippen molar-refractivity contribution in [3.63, 3.8) is 0 Å². The van der Waals surface area contributed by atoms with Gasteiger partial charge in [0.2, 0.25) is 0 Å². The second-order valence-corrected chi connectivity index (χ2v) is 8.41. The van der Waals surface area contributed by atoms with E-state index in [0.29, 0.717) is 12.1 Å². The molecule has 0 bridgehead atoms. The van der Waals surface area contributed by atoms with Gasteiger partial charge in [0.1, 0.15) is 0 Å². The topological polar surface area (TPSA) is 50.2 Å². The molecule has 5 nitrogen and oxygen atoms in total. The highest BCUT2D eigenvalue weighted by Crippen LogP contribution is 2.20. The average Bonchev–Trinajstić information content (AvgIpc) is 2.96. The van der Waals surface area contributed by atoms with Crippen LogP contribution in [-0.4, -0.2) is 46.8 Å². The molecule has 0 spiro atoms. The van der Waals surface area contributed by atoms with E-state index in [0.717, 1.165) is 47.3 Å². The Bertz CT molecular complexity index is 746. The number of hydrogen-bond acceptors (Lipinski definition) is 3. The van der Waals surface area contributed by atoms with Crippen molar-refractivity contribution in [2.75, 3.05) is 26.2 Å². The molecule has 1 aliphatic heterocycles. The lowest BCUT2D eigenvalue weighted by molar-refractivity contribution is 0.0936. The summed E-state index contributed by atoms with van der Waals surface area (Å²) in [4.78, 5) is 15.0. The fraction of sp³-hybridized carbons (Fsp3) is 0.500. The standard InChI is InChI=1S/C20H27BrN4O/c1-14-10-15(2)13-24(12-14)9-8-22-20(26)19-11-23-25(16(19)3)18-6-4-17(21)5-7-18/h4-7,11,14-15H,8-10,12-13H2,1-3H3,(H,22,26). The summed E-state index contributed by atoms with van der Waals surface area (Å²) in [5.41, 5.74) is 2.43. The number of benzene rings is 1. The van der Waals surface area contributed by atoms with E-state index in [1.807, 2.05) is 31.2 Å². The molecule has 3 rings (SSSR count).